The van der Waals surface area contributed by atoms with Crippen LogP contribution in [-0.4, -0.2) is 34.9 Å². The molecule has 0 aliphatic heterocycles. The number of hydrogen-bond donors (Lipinski definition) is 3. The van der Waals surface area contributed by atoms with E-state index < -0.39 is 11.7 Å². The van der Waals surface area contributed by atoms with Crippen molar-refractivity contribution in [3.63, 3.8) is 0 Å². The van der Waals surface area contributed by atoms with Gasteiger partial charge < -0.3 is 15.2 Å². The highest BCUT2D eigenvalue weighted by Gasteiger charge is 2.19. The first-order valence-corrected chi connectivity index (χ1v) is 7.03. The van der Waals surface area contributed by atoms with Gasteiger partial charge in [-0.15, -0.1) is 0 Å². The van der Waals surface area contributed by atoms with Crippen molar-refractivity contribution in [2.24, 2.45) is 0 Å². The lowest BCUT2D eigenvalue weighted by Gasteiger charge is -2.21. The monoisotopic (exact) mass is 295 g/mol. The van der Waals surface area contributed by atoms with Crippen LogP contribution in [0.25, 0.3) is 0 Å². The van der Waals surface area contributed by atoms with E-state index in [0.717, 1.165) is 11.1 Å². The van der Waals surface area contributed by atoms with Crippen LogP contribution in [-0.2, 0) is 4.74 Å². The van der Waals surface area contributed by atoms with Crippen molar-refractivity contribution in [2.45, 2.75) is 46.3 Å². The third-order valence-electron chi connectivity index (χ3n) is 2.70. The smallest absolute Gasteiger partial charge is 0.413 e. The molecule has 6 heteroatoms. The van der Waals surface area contributed by atoms with Crippen LogP contribution in [0.4, 0.5) is 10.6 Å². The Morgan fingerprint density at radius 2 is 2.14 bits per heavy atom. The van der Waals surface area contributed by atoms with Gasteiger partial charge in [0.1, 0.15) is 11.4 Å². The molecule has 0 saturated carbocycles. The van der Waals surface area contributed by atoms with Crippen molar-refractivity contribution < 1.29 is 14.6 Å². The zero-order valence-electron chi connectivity index (χ0n) is 13.4. The van der Waals surface area contributed by atoms with E-state index in [2.05, 4.69) is 15.6 Å². The van der Waals surface area contributed by atoms with E-state index in [1.54, 1.807) is 6.20 Å². The highest BCUT2D eigenvalue weighted by molar-refractivity contribution is 5.84. The molecule has 0 saturated heterocycles. The molecule has 1 aromatic heterocycles. The largest absolute Gasteiger partial charge is 0.444 e. The predicted molar refractivity (Wildman–Crippen MR) is 82.3 cm³/mol. The number of amides is 1. The van der Waals surface area contributed by atoms with Crippen LogP contribution in [0.15, 0.2) is 12.3 Å². The Balaban J connectivity index is 2.88. The molecule has 1 heterocycles. The van der Waals surface area contributed by atoms with Crippen LogP contribution in [0, 0.1) is 6.92 Å². The van der Waals surface area contributed by atoms with Gasteiger partial charge in [0.05, 0.1) is 6.61 Å². The number of carbonyl (C=O) groups is 1. The molecule has 0 aliphatic rings. The average Bonchev–Trinajstić information content (AvgIpc) is 2.35. The zero-order chi connectivity index (χ0) is 16.0. The molecule has 1 unspecified atom stereocenters. The molecule has 21 heavy (non-hydrogen) atoms. The van der Waals surface area contributed by atoms with Crippen LogP contribution in [0.5, 0.6) is 0 Å². The summed E-state index contributed by atoms with van der Waals surface area (Å²) in [4.78, 5) is 16.1. The van der Waals surface area contributed by atoms with Crippen LogP contribution in [0.1, 0.15) is 44.9 Å². The molecule has 1 aromatic rings. The maximum absolute atomic E-state index is 11.9. The first-order chi connectivity index (χ1) is 9.73. The predicted octanol–water partition coefficient (Wildman–Crippen LogP) is 2.38. The normalized spacial score (nSPS) is 12.9. The van der Waals surface area contributed by atoms with E-state index in [1.807, 2.05) is 40.7 Å². The first-order valence-electron chi connectivity index (χ1n) is 7.03. The van der Waals surface area contributed by atoms with Gasteiger partial charge in [-0.05, 0) is 46.2 Å². The lowest BCUT2D eigenvalue weighted by Crippen LogP contribution is -2.29. The van der Waals surface area contributed by atoms with Crippen molar-refractivity contribution in [1.82, 2.24) is 10.3 Å². The van der Waals surface area contributed by atoms with Gasteiger partial charge in [0.15, 0.2) is 0 Å². The molecule has 1 rings (SSSR count). The number of aliphatic hydroxyl groups is 1. The fourth-order valence-electron chi connectivity index (χ4n) is 1.82. The van der Waals surface area contributed by atoms with Gasteiger partial charge in [0.25, 0.3) is 0 Å². The molecule has 0 spiro atoms. The van der Waals surface area contributed by atoms with Gasteiger partial charge in [0.2, 0.25) is 0 Å². The number of pyridine rings is 1. The summed E-state index contributed by atoms with van der Waals surface area (Å²) in [6.45, 7) is 9.84. The minimum atomic E-state index is -0.560. The quantitative estimate of drug-likeness (QED) is 0.777. The van der Waals surface area contributed by atoms with Gasteiger partial charge in [-0.2, -0.15) is 0 Å². The number of nitrogens with one attached hydrogen (secondary N) is 2. The number of hydrogen-bond acceptors (Lipinski definition) is 5. The van der Waals surface area contributed by atoms with E-state index >= 15 is 0 Å². The lowest BCUT2D eigenvalue weighted by atomic mass is 10.1. The first kappa shape index (κ1) is 17.4. The fourth-order valence-corrected chi connectivity index (χ4v) is 1.82. The number of carbonyl (C=O) groups excluding carboxylic acids is 1. The maximum atomic E-state index is 11.9. The number of ether oxygens (including phenoxy) is 1. The Hall–Kier alpha value is -1.66. The third-order valence-corrected chi connectivity index (χ3v) is 2.70. The Labute approximate surface area is 125 Å². The molecule has 1 amide bonds. The van der Waals surface area contributed by atoms with Crippen LogP contribution < -0.4 is 10.6 Å². The molecular weight excluding hydrogens is 270 g/mol. The number of aromatic nitrogens is 1. The average molecular weight is 295 g/mol. The van der Waals surface area contributed by atoms with Gasteiger partial charge in [-0.3, -0.25) is 5.32 Å². The van der Waals surface area contributed by atoms with E-state index in [0.29, 0.717) is 12.4 Å². The Kier molecular flexibility index (Phi) is 6.11. The molecule has 3 N–H and O–H groups in total. The Morgan fingerprint density at radius 1 is 1.48 bits per heavy atom. The number of aryl methyl sites for hydroxylation is 1. The molecule has 0 fully saturated rings. The summed E-state index contributed by atoms with van der Waals surface area (Å²) >= 11 is 0. The molecular formula is C15H25N3O3. The van der Waals surface area contributed by atoms with Crippen molar-refractivity contribution in [3.8, 4) is 0 Å². The summed E-state index contributed by atoms with van der Waals surface area (Å²) in [7, 11) is 0. The number of aliphatic hydroxyl groups excluding tert-OH is 1. The number of nitrogens with zero attached hydrogens (tertiary/aromatic N) is 1. The van der Waals surface area contributed by atoms with Crippen LogP contribution >= 0.6 is 0 Å². The van der Waals surface area contributed by atoms with Crippen LogP contribution in [0.3, 0.4) is 0 Å². The molecule has 0 aromatic carbocycles. The molecule has 0 bridgehead atoms. The van der Waals surface area contributed by atoms with E-state index in [-0.39, 0.29) is 12.6 Å². The minimum Gasteiger partial charge on any atom is -0.444 e. The van der Waals surface area contributed by atoms with Crippen molar-refractivity contribution in [1.29, 1.82) is 0 Å². The number of rotatable bonds is 5. The Bertz CT molecular complexity index is 484. The molecule has 1 atom stereocenters. The lowest BCUT2D eigenvalue weighted by molar-refractivity contribution is 0.0635. The minimum absolute atomic E-state index is 0.0468. The highest BCUT2D eigenvalue weighted by atomic mass is 16.6. The van der Waals surface area contributed by atoms with Gasteiger partial charge in [-0.25, -0.2) is 9.78 Å². The van der Waals surface area contributed by atoms with E-state index in [9.17, 15) is 4.79 Å². The van der Waals surface area contributed by atoms with Crippen molar-refractivity contribution >= 4 is 11.9 Å². The summed E-state index contributed by atoms with van der Waals surface area (Å²) in [5.41, 5.74) is 1.29. The SMILES string of the molecule is Cc1cnc(NC(=O)OC(C)(C)C)c(C(C)NCCO)c1. The van der Waals surface area contributed by atoms with Crippen molar-refractivity contribution in [2.75, 3.05) is 18.5 Å². The standard InChI is InChI=1S/C15H25N3O3/c1-10-8-12(11(2)16-6-7-19)13(17-9-10)18-14(20)21-15(3,4)5/h8-9,11,16,19H,6-7H2,1-5H3,(H,17,18,20). The summed E-state index contributed by atoms with van der Waals surface area (Å²) in [6.07, 6.45) is 1.16. The second kappa shape index (κ2) is 7.38. The summed E-state index contributed by atoms with van der Waals surface area (Å²) < 4.78 is 5.24. The summed E-state index contributed by atoms with van der Waals surface area (Å²) in [5, 5.41) is 14.7. The second-order valence-electron chi connectivity index (χ2n) is 5.98. The zero-order valence-corrected chi connectivity index (χ0v) is 13.4. The summed E-state index contributed by atoms with van der Waals surface area (Å²) in [5.74, 6) is 0.466. The van der Waals surface area contributed by atoms with Gasteiger partial charge >= 0.3 is 6.09 Å². The van der Waals surface area contributed by atoms with E-state index in [1.165, 1.54) is 0 Å². The highest BCUT2D eigenvalue weighted by Crippen LogP contribution is 2.22. The maximum Gasteiger partial charge on any atom is 0.413 e. The van der Waals surface area contributed by atoms with E-state index in [4.69, 9.17) is 9.84 Å². The fraction of sp³-hybridized carbons (Fsp3) is 0.600. The molecule has 118 valence electrons. The number of anilines is 1. The van der Waals surface area contributed by atoms with Gasteiger partial charge in [-0.1, -0.05) is 0 Å². The second-order valence-corrected chi connectivity index (χ2v) is 5.98. The van der Waals surface area contributed by atoms with Crippen LogP contribution in [0.2, 0.25) is 0 Å². The molecule has 0 aliphatic carbocycles. The van der Waals surface area contributed by atoms with Gasteiger partial charge in [0, 0.05) is 24.3 Å². The Morgan fingerprint density at radius 3 is 2.71 bits per heavy atom. The molecule has 0 radical (unpaired) electrons. The van der Waals surface area contributed by atoms with Crippen molar-refractivity contribution in [3.05, 3.63) is 23.4 Å². The molecule has 6 nitrogen and oxygen atoms in total. The summed E-state index contributed by atoms with van der Waals surface area (Å²) in [6, 6.07) is 1.91. The third kappa shape index (κ3) is 6.10. The topological polar surface area (TPSA) is 83.5 Å².